The molecule has 0 heterocycles. The van der Waals surface area contributed by atoms with Crippen molar-refractivity contribution in [2.75, 3.05) is 10.5 Å². The van der Waals surface area contributed by atoms with E-state index < -0.39 is 10.0 Å². The van der Waals surface area contributed by atoms with Gasteiger partial charge in [-0.15, -0.1) is 0 Å². The highest BCUT2D eigenvalue weighted by molar-refractivity contribution is 9.10. The van der Waals surface area contributed by atoms with Crippen LogP contribution in [0.3, 0.4) is 0 Å². The highest BCUT2D eigenvalue weighted by atomic mass is 79.9. The second-order valence-corrected chi connectivity index (χ2v) is 7.66. The Balaban J connectivity index is 2.24. The Hall–Kier alpha value is -1.53. The number of hydrogen-bond acceptors (Lipinski definition) is 3. The van der Waals surface area contributed by atoms with Gasteiger partial charge in [0.2, 0.25) is 10.0 Å². The van der Waals surface area contributed by atoms with Gasteiger partial charge >= 0.3 is 0 Å². The average Bonchev–Trinajstić information content (AvgIpc) is 2.36. The van der Waals surface area contributed by atoms with E-state index >= 15 is 0 Å². The van der Waals surface area contributed by atoms with Crippen LogP contribution in [0.4, 0.5) is 11.4 Å². The summed E-state index contributed by atoms with van der Waals surface area (Å²) in [6, 6.07) is 10.6. The molecule has 0 aliphatic carbocycles. The molecule has 2 rings (SSSR count). The summed E-state index contributed by atoms with van der Waals surface area (Å²) in [5, 5.41) is 0. The van der Waals surface area contributed by atoms with Crippen molar-refractivity contribution < 1.29 is 8.42 Å². The van der Waals surface area contributed by atoms with Crippen LogP contribution in [0.2, 0.25) is 0 Å². The molecule has 6 heteroatoms. The zero-order valence-corrected chi connectivity index (χ0v) is 14.3. The molecule has 0 fully saturated rings. The maximum absolute atomic E-state index is 12.3. The van der Waals surface area contributed by atoms with Crippen molar-refractivity contribution in [3.8, 4) is 0 Å². The molecule has 0 amide bonds. The van der Waals surface area contributed by atoms with Gasteiger partial charge in [-0.1, -0.05) is 28.1 Å². The Labute approximate surface area is 133 Å². The molecule has 2 aromatic rings. The van der Waals surface area contributed by atoms with Gasteiger partial charge in [-0.3, -0.25) is 4.72 Å². The number of nitrogen functional groups attached to an aromatic ring is 1. The van der Waals surface area contributed by atoms with E-state index in [1.54, 1.807) is 24.3 Å². The van der Waals surface area contributed by atoms with Gasteiger partial charge in [0, 0.05) is 10.2 Å². The number of nitrogens with one attached hydrogen (secondary N) is 1. The van der Waals surface area contributed by atoms with E-state index in [0.29, 0.717) is 16.9 Å². The van der Waals surface area contributed by atoms with Crippen molar-refractivity contribution in [3.63, 3.8) is 0 Å². The number of halogens is 1. The Morgan fingerprint density at radius 2 is 1.62 bits per heavy atom. The largest absolute Gasteiger partial charge is 0.399 e. The lowest BCUT2D eigenvalue weighted by molar-refractivity contribution is 0.600. The van der Waals surface area contributed by atoms with Crippen molar-refractivity contribution in [1.29, 1.82) is 0 Å². The fourth-order valence-corrected chi connectivity index (χ4v) is 4.12. The molecule has 0 unspecified atom stereocenters. The predicted octanol–water partition coefficient (Wildman–Crippen LogP) is 3.59. The molecule has 0 atom stereocenters. The van der Waals surface area contributed by atoms with Crippen molar-refractivity contribution in [1.82, 2.24) is 0 Å². The van der Waals surface area contributed by atoms with Crippen LogP contribution in [0.15, 0.2) is 40.9 Å². The second-order valence-electron chi connectivity index (χ2n) is 5.02. The first-order valence-corrected chi connectivity index (χ1v) is 8.83. The monoisotopic (exact) mass is 368 g/mol. The van der Waals surface area contributed by atoms with E-state index in [-0.39, 0.29) is 5.75 Å². The fourth-order valence-electron chi connectivity index (χ4n) is 2.10. The Morgan fingerprint density at radius 3 is 2.14 bits per heavy atom. The molecule has 2 aromatic carbocycles. The smallest absolute Gasteiger partial charge is 0.236 e. The summed E-state index contributed by atoms with van der Waals surface area (Å²) < 4.78 is 28.2. The van der Waals surface area contributed by atoms with E-state index in [0.717, 1.165) is 15.6 Å². The van der Waals surface area contributed by atoms with Crippen LogP contribution >= 0.6 is 15.9 Å². The Morgan fingerprint density at radius 1 is 1.10 bits per heavy atom. The van der Waals surface area contributed by atoms with E-state index in [1.807, 2.05) is 26.0 Å². The molecule has 112 valence electrons. The molecule has 0 radical (unpaired) electrons. The first-order valence-electron chi connectivity index (χ1n) is 6.38. The summed E-state index contributed by atoms with van der Waals surface area (Å²) in [5.74, 6) is -0.0811. The summed E-state index contributed by atoms with van der Waals surface area (Å²) >= 11 is 3.40. The van der Waals surface area contributed by atoms with Gasteiger partial charge in [-0.25, -0.2) is 8.42 Å². The van der Waals surface area contributed by atoms with Gasteiger partial charge in [0.05, 0.1) is 11.4 Å². The summed E-state index contributed by atoms with van der Waals surface area (Å²) in [4.78, 5) is 0. The third-order valence-corrected chi connectivity index (χ3v) is 4.78. The lowest BCUT2D eigenvalue weighted by Gasteiger charge is -2.14. The molecule has 0 aliphatic rings. The molecule has 0 spiro atoms. The van der Waals surface area contributed by atoms with Crippen LogP contribution in [-0.4, -0.2) is 8.42 Å². The molecule has 4 nitrogen and oxygen atoms in total. The minimum Gasteiger partial charge on any atom is -0.399 e. The molecule has 21 heavy (non-hydrogen) atoms. The topological polar surface area (TPSA) is 72.2 Å². The lowest BCUT2D eigenvalue weighted by Crippen LogP contribution is -2.16. The molecule has 0 saturated carbocycles. The predicted molar refractivity (Wildman–Crippen MR) is 90.7 cm³/mol. The average molecular weight is 369 g/mol. The standard InChI is InChI=1S/C15H17BrN2O2S/c1-10-7-13(16)8-11(2)15(10)18-21(19,20)9-12-3-5-14(17)6-4-12/h3-8,18H,9,17H2,1-2H3. The van der Waals surface area contributed by atoms with Crippen LogP contribution in [0, 0.1) is 13.8 Å². The maximum atomic E-state index is 12.3. The number of benzene rings is 2. The highest BCUT2D eigenvalue weighted by Gasteiger charge is 2.15. The molecule has 0 aromatic heterocycles. The van der Waals surface area contributed by atoms with E-state index in [4.69, 9.17) is 5.73 Å². The van der Waals surface area contributed by atoms with Crippen molar-refractivity contribution >= 4 is 37.3 Å². The Kier molecular flexibility index (Phi) is 4.58. The first-order chi connectivity index (χ1) is 9.77. The summed E-state index contributed by atoms with van der Waals surface area (Å²) in [6.07, 6.45) is 0. The maximum Gasteiger partial charge on any atom is 0.236 e. The number of sulfonamides is 1. The molecule has 3 N–H and O–H groups in total. The van der Waals surface area contributed by atoms with Gasteiger partial charge in [0.15, 0.2) is 0 Å². The van der Waals surface area contributed by atoms with Crippen LogP contribution in [0.5, 0.6) is 0 Å². The van der Waals surface area contributed by atoms with E-state index in [1.165, 1.54) is 0 Å². The quantitative estimate of drug-likeness (QED) is 0.809. The van der Waals surface area contributed by atoms with Gasteiger partial charge in [0.25, 0.3) is 0 Å². The molecular weight excluding hydrogens is 352 g/mol. The van der Waals surface area contributed by atoms with Gasteiger partial charge < -0.3 is 5.73 Å². The number of aryl methyl sites for hydroxylation is 2. The zero-order chi connectivity index (χ0) is 15.6. The fraction of sp³-hybridized carbons (Fsp3) is 0.200. The molecular formula is C15H17BrN2O2S. The summed E-state index contributed by atoms with van der Waals surface area (Å²) in [6.45, 7) is 3.75. The number of nitrogens with two attached hydrogens (primary N) is 1. The lowest BCUT2D eigenvalue weighted by atomic mass is 10.1. The zero-order valence-electron chi connectivity index (χ0n) is 11.9. The molecule has 0 bridgehead atoms. The third kappa shape index (κ3) is 4.22. The van der Waals surface area contributed by atoms with Gasteiger partial charge in [-0.05, 0) is 54.8 Å². The number of rotatable bonds is 4. The summed E-state index contributed by atoms with van der Waals surface area (Å²) in [7, 11) is -3.46. The van der Waals surface area contributed by atoms with E-state index in [9.17, 15) is 8.42 Å². The van der Waals surface area contributed by atoms with Crippen molar-refractivity contribution in [3.05, 3.63) is 57.6 Å². The van der Waals surface area contributed by atoms with Crippen LogP contribution in [-0.2, 0) is 15.8 Å². The third-order valence-electron chi connectivity index (χ3n) is 3.09. The van der Waals surface area contributed by atoms with Gasteiger partial charge in [0.1, 0.15) is 0 Å². The molecule has 0 aliphatic heterocycles. The van der Waals surface area contributed by atoms with Gasteiger partial charge in [-0.2, -0.15) is 0 Å². The number of anilines is 2. The van der Waals surface area contributed by atoms with Crippen molar-refractivity contribution in [2.24, 2.45) is 0 Å². The normalized spacial score (nSPS) is 11.4. The van der Waals surface area contributed by atoms with E-state index in [2.05, 4.69) is 20.7 Å². The minimum atomic E-state index is -3.46. The van der Waals surface area contributed by atoms with Crippen LogP contribution in [0.25, 0.3) is 0 Å². The highest BCUT2D eigenvalue weighted by Crippen LogP contribution is 2.26. The molecule has 0 saturated heterocycles. The minimum absolute atomic E-state index is 0.0811. The van der Waals surface area contributed by atoms with Crippen LogP contribution in [0.1, 0.15) is 16.7 Å². The summed E-state index contributed by atoms with van der Waals surface area (Å²) in [5.41, 5.74) is 9.30. The van der Waals surface area contributed by atoms with Crippen molar-refractivity contribution in [2.45, 2.75) is 19.6 Å². The number of hydrogen-bond donors (Lipinski definition) is 2. The first kappa shape index (κ1) is 15.9. The van der Waals surface area contributed by atoms with Crippen LogP contribution < -0.4 is 10.5 Å². The SMILES string of the molecule is Cc1cc(Br)cc(C)c1NS(=O)(=O)Cc1ccc(N)cc1. The second kappa shape index (κ2) is 6.07. The Bertz CT molecular complexity index is 733.